The van der Waals surface area contributed by atoms with Crippen molar-refractivity contribution in [2.24, 2.45) is 10.8 Å². The number of amidine groups is 1. The van der Waals surface area contributed by atoms with Crippen molar-refractivity contribution in [2.45, 2.75) is 13.8 Å². The van der Waals surface area contributed by atoms with Gasteiger partial charge in [0.2, 0.25) is 5.71 Å². The lowest BCUT2D eigenvalue weighted by molar-refractivity contribution is 1.27. The molecule has 0 aliphatic carbocycles. The van der Waals surface area contributed by atoms with Gasteiger partial charge in [-0.05, 0) is 31.0 Å². The maximum Gasteiger partial charge on any atom is 0.201 e. The van der Waals surface area contributed by atoms with Crippen molar-refractivity contribution in [3.63, 3.8) is 0 Å². The zero-order valence-corrected chi connectivity index (χ0v) is 10.6. The number of hydrogen-bond acceptors (Lipinski definition) is 5. The zero-order valence-electron chi connectivity index (χ0n) is 10.6. The van der Waals surface area contributed by atoms with E-state index in [0.29, 0.717) is 5.69 Å². The second kappa shape index (κ2) is 4.78. The highest BCUT2D eigenvalue weighted by molar-refractivity contribution is 6.45. The maximum atomic E-state index is 8.81. The minimum Gasteiger partial charge on any atom is -0.382 e. The van der Waals surface area contributed by atoms with Crippen LogP contribution in [0.15, 0.2) is 17.5 Å². The highest BCUT2D eigenvalue weighted by atomic mass is 15.3. The van der Waals surface area contributed by atoms with E-state index in [2.05, 4.69) is 20.5 Å². The van der Waals surface area contributed by atoms with Gasteiger partial charge in [-0.1, -0.05) is 0 Å². The van der Waals surface area contributed by atoms with E-state index < -0.39 is 0 Å². The van der Waals surface area contributed by atoms with Crippen LogP contribution in [0.1, 0.15) is 11.1 Å². The summed E-state index contributed by atoms with van der Waals surface area (Å²) in [6, 6.07) is 3.75. The van der Waals surface area contributed by atoms with Crippen molar-refractivity contribution in [2.75, 3.05) is 5.43 Å². The number of nitrogens with one attached hydrogen (secondary N) is 3. The summed E-state index contributed by atoms with van der Waals surface area (Å²) in [4.78, 5) is 7.23. The Hall–Kier alpha value is -2.88. The van der Waals surface area contributed by atoms with E-state index in [9.17, 15) is 0 Å². The minimum atomic E-state index is -0.376. The molecule has 1 aromatic heterocycles. The molecule has 5 N–H and O–H groups in total. The summed E-state index contributed by atoms with van der Waals surface area (Å²) < 4.78 is 0. The van der Waals surface area contributed by atoms with Crippen LogP contribution in [-0.2, 0) is 0 Å². The van der Waals surface area contributed by atoms with Gasteiger partial charge in [-0.2, -0.15) is 10.4 Å². The van der Waals surface area contributed by atoms with E-state index in [-0.39, 0.29) is 11.5 Å². The molecule has 0 saturated carbocycles. The first-order valence-electron chi connectivity index (χ1n) is 5.56. The molecule has 7 nitrogen and oxygen atoms in total. The van der Waals surface area contributed by atoms with E-state index in [4.69, 9.17) is 16.4 Å². The number of benzene rings is 1. The molecular formula is C12H13N7. The number of hydrazone groups is 1. The van der Waals surface area contributed by atoms with Crippen molar-refractivity contribution in [1.82, 2.24) is 9.97 Å². The molecule has 96 valence electrons. The number of fused-ring (bicyclic) bond motifs is 1. The van der Waals surface area contributed by atoms with Crippen molar-refractivity contribution < 1.29 is 0 Å². The predicted octanol–water partition coefficient (Wildman–Crippen LogP) is 1.41. The Morgan fingerprint density at radius 3 is 2.95 bits per heavy atom. The number of nitrogens with two attached hydrogens (primary N) is 1. The molecule has 2 aromatic rings. The standard InChI is InChI=1S/C12H13N7/c1-6-3-8-11(17-5-16-8)10(7(6)2)19-18-9(4-13)12(14)15/h3,5,19H,1-2H3,(H3,14,15)(H,16,17)/b18-9+. The number of rotatable bonds is 3. The lowest BCUT2D eigenvalue weighted by atomic mass is 10.1. The average Bonchev–Trinajstić information content (AvgIpc) is 2.81. The summed E-state index contributed by atoms with van der Waals surface area (Å²) in [5, 5.41) is 19.9. The summed E-state index contributed by atoms with van der Waals surface area (Å²) >= 11 is 0. The van der Waals surface area contributed by atoms with E-state index in [1.54, 1.807) is 12.4 Å². The Balaban J connectivity index is 2.51. The van der Waals surface area contributed by atoms with E-state index >= 15 is 0 Å². The number of aromatic amines is 1. The first-order valence-corrected chi connectivity index (χ1v) is 5.56. The third-order valence-electron chi connectivity index (χ3n) is 2.87. The molecule has 0 bridgehead atoms. The van der Waals surface area contributed by atoms with Crippen LogP contribution in [-0.4, -0.2) is 21.5 Å². The Bertz CT molecular complexity index is 717. The predicted molar refractivity (Wildman–Crippen MR) is 74.2 cm³/mol. The molecule has 2 rings (SSSR count). The molecule has 0 aliphatic heterocycles. The van der Waals surface area contributed by atoms with Gasteiger partial charge < -0.3 is 10.7 Å². The molecule has 1 heterocycles. The largest absolute Gasteiger partial charge is 0.382 e. The molecule has 1 aromatic carbocycles. The fraction of sp³-hybridized carbons (Fsp3) is 0.167. The lowest BCUT2D eigenvalue weighted by Crippen LogP contribution is -2.22. The molecule has 7 heteroatoms. The van der Waals surface area contributed by atoms with Gasteiger partial charge in [0, 0.05) is 0 Å². The normalized spacial score (nSPS) is 11.3. The second-order valence-corrected chi connectivity index (χ2v) is 4.09. The third kappa shape index (κ3) is 2.24. The van der Waals surface area contributed by atoms with Gasteiger partial charge >= 0.3 is 0 Å². The molecule has 0 saturated heterocycles. The quantitative estimate of drug-likeness (QED) is 0.375. The fourth-order valence-corrected chi connectivity index (χ4v) is 1.71. The lowest BCUT2D eigenvalue weighted by Gasteiger charge is -2.09. The maximum absolute atomic E-state index is 8.81. The van der Waals surface area contributed by atoms with Gasteiger partial charge in [0.1, 0.15) is 11.6 Å². The summed E-state index contributed by atoms with van der Waals surface area (Å²) in [7, 11) is 0. The molecule has 0 unspecified atom stereocenters. The van der Waals surface area contributed by atoms with Gasteiger partial charge in [0.05, 0.1) is 17.5 Å². The van der Waals surface area contributed by atoms with Gasteiger partial charge in [0.25, 0.3) is 0 Å². The van der Waals surface area contributed by atoms with Gasteiger partial charge in [0.15, 0.2) is 5.84 Å². The van der Waals surface area contributed by atoms with Crippen LogP contribution in [0.3, 0.4) is 0 Å². The Kier molecular flexibility index (Phi) is 3.16. The van der Waals surface area contributed by atoms with Crippen molar-refractivity contribution in [3.8, 4) is 6.07 Å². The Labute approximate surface area is 109 Å². The average molecular weight is 255 g/mol. The van der Waals surface area contributed by atoms with Gasteiger partial charge in [-0.3, -0.25) is 10.8 Å². The molecule has 0 spiro atoms. The molecule has 0 fully saturated rings. The van der Waals surface area contributed by atoms with Crippen LogP contribution in [0.4, 0.5) is 5.69 Å². The van der Waals surface area contributed by atoms with Crippen LogP contribution in [0.2, 0.25) is 0 Å². The number of H-pyrrole nitrogens is 1. The minimum absolute atomic E-state index is 0.162. The highest BCUT2D eigenvalue weighted by Crippen LogP contribution is 2.27. The number of aryl methyl sites for hydroxylation is 1. The smallest absolute Gasteiger partial charge is 0.201 e. The number of hydrogen-bond donors (Lipinski definition) is 4. The van der Waals surface area contributed by atoms with E-state index in [1.807, 2.05) is 19.9 Å². The van der Waals surface area contributed by atoms with Crippen molar-refractivity contribution >= 4 is 28.3 Å². The number of anilines is 1. The molecular weight excluding hydrogens is 242 g/mol. The van der Waals surface area contributed by atoms with E-state index in [0.717, 1.165) is 22.2 Å². The first kappa shape index (κ1) is 12.6. The fourth-order valence-electron chi connectivity index (χ4n) is 1.71. The number of nitrogens with zero attached hydrogens (tertiary/aromatic N) is 3. The van der Waals surface area contributed by atoms with Crippen molar-refractivity contribution in [1.29, 1.82) is 10.7 Å². The van der Waals surface area contributed by atoms with Crippen LogP contribution in [0, 0.1) is 30.6 Å². The number of imidazole rings is 1. The van der Waals surface area contributed by atoms with Crippen molar-refractivity contribution in [3.05, 3.63) is 23.5 Å². The second-order valence-electron chi connectivity index (χ2n) is 4.09. The Morgan fingerprint density at radius 2 is 2.32 bits per heavy atom. The van der Waals surface area contributed by atoms with Gasteiger partial charge in [-0.25, -0.2) is 4.98 Å². The highest BCUT2D eigenvalue weighted by Gasteiger charge is 2.10. The molecule has 0 radical (unpaired) electrons. The number of nitriles is 1. The first-order chi connectivity index (χ1) is 9.04. The topological polar surface area (TPSA) is 127 Å². The van der Waals surface area contributed by atoms with Crippen LogP contribution in [0.5, 0.6) is 0 Å². The van der Waals surface area contributed by atoms with Crippen LogP contribution < -0.4 is 11.2 Å². The summed E-state index contributed by atoms with van der Waals surface area (Å²) in [5.41, 5.74) is 12.2. The SMILES string of the molecule is Cc1cc2[nH]cnc2c(N/N=C(\C#N)C(=N)N)c1C. The van der Waals surface area contributed by atoms with E-state index in [1.165, 1.54) is 0 Å². The summed E-state index contributed by atoms with van der Waals surface area (Å²) in [6.45, 7) is 3.90. The molecule has 0 atom stereocenters. The van der Waals surface area contributed by atoms with Gasteiger partial charge in [-0.15, -0.1) is 0 Å². The van der Waals surface area contributed by atoms with Crippen LogP contribution >= 0.6 is 0 Å². The van der Waals surface area contributed by atoms with Crippen LogP contribution in [0.25, 0.3) is 11.0 Å². The zero-order chi connectivity index (χ0) is 14.0. The summed E-state index contributed by atoms with van der Waals surface area (Å²) in [5.74, 6) is -0.376. The number of aromatic nitrogens is 2. The summed E-state index contributed by atoms with van der Waals surface area (Å²) in [6.07, 6.45) is 1.59. The Morgan fingerprint density at radius 1 is 1.58 bits per heavy atom. The third-order valence-corrected chi connectivity index (χ3v) is 2.87. The molecule has 19 heavy (non-hydrogen) atoms. The molecule has 0 aliphatic rings. The molecule has 0 amide bonds. The monoisotopic (exact) mass is 255 g/mol.